The predicted octanol–water partition coefficient (Wildman–Crippen LogP) is 1.02. The van der Waals surface area contributed by atoms with E-state index in [4.69, 9.17) is 10.5 Å². The third-order valence-corrected chi connectivity index (χ3v) is 2.59. The van der Waals surface area contributed by atoms with Gasteiger partial charge >= 0.3 is 0 Å². The Morgan fingerprint density at radius 3 is 3.14 bits per heavy atom. The lowest BCUT2D eigenvalue weighted by atomic mass is 10.1. The van der Waals surface area contributed by atoms with Crippen molar-refractivity contribution in [3.63, 3.8) is 0 Å². The van der Waals surface area contributed by atoms with Crippen molar-refractivity contribution < 1.29 is 4.74 Å². The van der Waals surface area contributed by atoms with Gasteiger partial charge in [0.2, 0.25) is 0 Å². The zero-order valence-corrected chi connectivity index (χ0v) is 8.49. The molecule has 1 aliphatic heterocycles. The third kappa shape index (κ3) is 1.55. The van der Waals surface area contributed by atoms with E-state index in [0.29, 0.717) is 13.2 Å². The van der Waals surface area contributed by atoms with Crippen LogP contribution in [0.1, 0.15) is 5.56 Å². The van der Waals surface area contributed by atoms with E-state index in [1.165, 1.54) is 11.3 Å². The van der Waals surface area contributed by atoms with Crippen LogP contribution in [0.15, 0.2) is 18.2 Å². The van der Waals surface area contributed by atoms with E-state index in [-0.39, 0.29) is 0 Å². The number of ether oxygens (including phenoxy) is 1. The second-order valence-electron chi connectivity index (χ2n) is 3.56. The SMILES string of the molecule is CN1CCc2c(OCCN)cccc21. The Morgan fingerprint density at radius 1 is 1.50 bits per heavy atom. The highest BCUT2D eigenvalue weighted by atomic mass is 16.5. The molecule has 2 rings (SSSR count). The Bertz CT molecular complexity index is 325. The van der Waals surface area contributed by atoms with Gasteiger partial charge in [-0.2, -0.15) is 0 Å². The van der Waals surface area contributed by atoms with Crippen LogP contribution >= 0.6 is 0 Å². The Labute approximate surface area is 84.5 Å². The molecule has 0 fully saturated rings. The summed E-state index contributed by atoms with van der Waals surface area (Å²) in [7, 11) is 2.11. The van der Waals surface area contributed by atoms with Crippen LogP contribution in [0.5, 0.6) is 5.75 Å². The zero-order valence-electron chi connectivity index (χ0n) is 8.49. The van der Waals surface area contributed by atoms with Gasteiger partial charge < -0.3 is 15.4 Å². The van der Waals surface area contributed by atoms with Crippen LogP contribution in [0, 0.1) is 0 Å². The van der Waals surface area contributed by atoms with E-state index >= 15 is 0 Å². The Hall–Kier alpha value is -1.22. The number of fused-ring (bicyclic) bond motifs is 1. The molecule has 1 aromatic carbocycles. The molecule has 0 saturated heterocycles. The van der Waals surface area contributed by atoms with Crippen LogP contribution in [-0.2, 0) is 6.42 Å². The fraction of sp³-hybridized carbons (Fsp3) is 0.455. The summed E-state index contributed by atoms with van der Waals surface area (Å²) < 4.78 is 5.59. The van der Waals surface area contributed by atoms with E-state index < -0.39 is 0 Å². The number of hydrogen-bond donors (Lipinski definition) is 1. The second-order valence-corrected chi connectivity index (χ2v) is 3.56. The fourth-order valence-corrected chi connectivity index (χ4v) is 1.87. The monoisotopic (exact) mass is 192 g/mol. The summed E-state index contributed by atoms with van der Waals surface area (Å²) in [5.41, 5.74) is 8.03. The van der Waals surface area contributed by atoms with Gasteiger partial charge in [0, 0.05) is 31.4 Å². The van der Waals surface area contributed by atoms with Crippen LogP contribution < -0.4 is 15.4 Å². The lowest BCUT2D eigenvalue weighted by Crippen LogP contribution is -2.12. The molecule has 76 valence electrons. The molecule has 0 aliphatic carbocycles. The number of nitrogens with two attached hydrogens (primary N) is 1. The molecular formula is C11H16N2O. The number of likely N-dealkylation sites (N-methyl/N-ethyl adjacent to an activating group) is 1. The minimum absolute atomic E-state index is 0.569. The molecule has 14 heavy (non-hydrogen) atoms. The molecule has 3 heteroatoms. The van der Waals surface area contributed by atoms with E-state index in [9.17, 15) is 0 Å². The van der Waals surface area contributed by atoms with Gasteiger partial charge in [-0.05, 0) is 18.6 Å². The molecule has 0 spiro atoms. The molecule has 1 heterocycles. The number of anilines is 1. The largest absolute Gasteiger partial charge is 0.492 e. The maximum atomic E-state index is 5.59. The summed E-state index contributed by atoms with van der Waals surface area (Å²) in [6.45, 7) is 2.25. The number of rotatable bonds is 3. The maximum absolute atomic E-state index is 5.59. The summed E-state index contributed by atoms with van der Waals surface area (Å²) in [6, 6.07) is 6.19. The molecule has 0 saturated carbocycles. The minimum Gasteiger partial charge on any atom is -0.492 e. The molecule has 0 amide bonds. The van der Waals surface area contributed by atoms with Crippen molar-refractivity contribution in [1.29, 1.82) is 0 Å². The molecule has 0 radical (unpaired) electrons. The van der Waals surface area contributed by atoms with Gasteiger partial charge in [0.25, 0.3) is 0 Å². The van der Waals surface area contributed by atoms with E-state index in [1.54, 1.807) is 0 Å². The smallest absolute Gasteiger partial charge is 0.124 e. The molecular weight excluding hydrogens is 176 g/mol. The van der Waals surface area contributed by atoms with Gasteiger partial charge in [-0.3, -0.25) is 0 Å². The van der Waals surface area contributed by atoms with Crippen LogP contribution in [0.2, 0.25) is 0 Å². The van der Waals surface area contributed by atoms with Gasteiger partial charge in [-0.1, -0.05) is 6.07 Å². The molecule has 0 aromatic heterocycles. The summed E-state index contributed by atoms with van der Waals surface area (Å²) in [6.07, 6.45) is 1.08. The topological polar surface area (TPSA) is 38.5 Å². The van der Waals surface area contributed by atoms with Gasteiger partial charge in [-0.15, -0.1) is 0 Å². The Morgan fingerprint density at radius 2 is 2.36 bits per heavy atom. The van der Waals surface area contributed by atoms with Crippen molar-refractivity contribution in [1.82, 2.24) is 0 Å². The quantitative estimate of drug-likeness (QED) is 0.777. The molecule has 3 nitrogen and oxygen atoms in total. The minimum atomic E-state index is 0.569. The third-order valence-electron chi connectivity index (χ3n) is 2.59. The predicted molar refractivity (Wildman–Crippen MR) is 58.0 cm³/mol. The van der Waals surface area contributed by atoms with Gasteiger partial charge in [0.05, 0.1) is 0 Å². The van der Waals surface area contributed by atoms with Crippen molar-refractivity contribution >= 4 is 5.69 Å². The Balaban J connectivity index is 2.25. The first-order chi connectivity index (χ1) is 6.83. The summed E-state index contributed by atoms with van der Waals surface area (Å²) in [4.78, 5) is 2.25. The normalized spacial score (nSPS) is 14.3. The lowest BCUT2D eigenvalue weighted by molar-refractivity contribution is 0.326. The first kappa shape index (κ1) is 9.34. The highest BCUT2D eigenvalue weighted by Gasteiger charge is 2.18. The first-order valence-electron chi connectivity index (χ1n) is 4.99. The average molecular weight is 192 g/mol. The van der Waals surface area contributed by atoms with E-state index in [1.807, 2.05) is 12.1 Å². The highest BCUT2D eigenvalue weighted by molar-refractivity contribution is 5.62. The zero-order chi connectivity index (χ0) is 9.97. The van der Waals surface area contributed by atoms with Gasteiger partial charge in [-0.25, -0.2) is 0 Å². The second kappa shape index (κ2) is 3.88. The maximum Gasteiger partial charge on any atom is 0.124 e. The summed E-state index contributed by atoms with van der Waals surface area (Å²) in [5, 5.41) is 0. The number of hydrogen-bond acceptors (Lipinski definition) is 3. The van der Waals surface area contributed by atoms with Crippen LogP contribution in [-0.4, -0.2) is 26.7 Å². The van der Waals surface area contributed by atoms with Crippen LogP contribution in [0.25, 0.3) is 0 Å². The standard InChI is InChI=1S/C11H16N2O/c1-13-7-5-9-10(13)3-2-4-11(9)14-8-6-12/h2-4H,5-8,12H2,1H3. The van der Waals surface area contributed by atoms with Gasteiger partial charge in [0.1, 0.15) is 12.4 Å². The van der Waals surface area contributed by atoms with Crippen molar-refractivity contribution in [3.8, 4) is 5.75 Å². The average Bonchev–Trinajstić information content (AvgIpc) is 2.58. The number of nitrogens with zero attached hydrogens (tertiary/aromatic N) is 1. The number of benzene rings is 1. The molecule has 0 bridgehead atoms. The van der Waals surface area contributed by atoms with Crippen LogP contribution in [0.3, 0.4) is 0 Å². The van der Waals surface area contributed by atoms with Gasteiger partial charge in [0.15, 0.2) is 0 Å². The lowest BCUT2D eigenvalue weighted by Gasteiger charge is -2.13. The van der Waals surface area contributed by atoms with Crippen molar-refractivity contribution in [2.24, 2.45) is 5.73 Å². The first-order valence-corrected chi connectivity index (χ1v) is 4.99. The Kier molecular flexibility index (Phi) is 2.59. The molecule has 0 unspecified atom stereocenters. The van der Waals surface area contributed by atoms with Crippen molar-refractivity contribution in [2.75, 3.05) is 31.6 Å². The van der Waals surface area contributed by atoms with Crippen LogP contribution in [0.4, 0.5) is 5.69 Å². The van der Waals surface area contributed by atoms with Crippen molar-refractivity contribution in [2.45, 2.75) is 6.42 Å². The fourth-order valence-electron chi connectivity index (χ4n) is 1.87. The summed E-state index contributed by atoms with van der Waals surface area (Å²) in [5.74, 6) is 0.998. The van der Waals surface area contributed by atoms with E-state index in [2.05, 4.69) is 18.0 Å². The van der Waals surface area contributed by atoms with E-state index in [0.717, 1.165) is 18.7 Å². The molecule has 1 aliphatic rings. The molecule has 0 atom stereocenters. The molecule has 1 aromatic rings. The highest BCUT2D eigenvalue weighted by Crippen LogP contribution is 2.33. The summed E-state index contributed by atoms with van der Waals surface area (Å²) >= 11 is 0. The molecule has 2 N–H and O–H groups in total. The van der Waals surface area contributed by atoms with Crippen molar-refractivity contribution in [3.05, 3.63) is 23.8 Å².